The molecule has 18 heavy (non-hydrogen) atoms. The van der Waals surface area contributed by atoms with Crippen molar-refractivity contribution in [1.29, 1.82) is 0 Å². The molecule has 0 saturated carbocycles. The van der Waals surface area contributed by atoms with Crippen LogP contribution >= 0.6 is 0 Å². The van der Waals surface area contributed by atoms with Crippen LogP contribution in [0.2, 0.25) is 0 Å². The molecule has 0 saturated heterocycles. The van der Waals surface area contributed by atoms with Crippen LogP contribution in [0.3, 0.4) is 0 Å². The normalized spacial score (nSPS) is 13.6. The molecule has 0 heterocycles. The molecule has 1 unspecified atom stereocenters. The monoisotopic (exact) mass is 270 g/mol. The third-order valence-corrected chi connectivity index (χ3v) is 3.83. The van der Waals surface area contributed by atoms with E-state index in [1.807, 2.05) is 26.2 Å². The van der Waals surface area contributed by atoms with Gasteiger partial charge in [0, 0.05) is 18.0 Å². The second kappa shape index (κ2) is 6.20. The minimum atomic E-state index is -3.10. The lowest BCUT2D eigenvalue weighted by Crippen LogP contribution is -2.22. The topological polar surface area (TPSA) is 49.4 Å². The van der Waals surface area contributed by atoms with Crippen LogP contribution in [0.25, 0.3) is 0 Å². The highest BCUT2D eigenvalue weighted by Crippen LogP contribution is 2.15. The molecule has 1 N–H and O–H groups in total. The highest BCUT2D eigenvalue weighted by atomic mass is 32.2. The van der Waals surface area contributed by atoms with Crippen molar-refractivity contribution < 1.29 is 8.42 Å². The fraction of sp³-hybridized carbons (Fsp3) is 0.538. The Morgan fingerprint density at radius 1 is 1.22 bits per heavy atom. The molecular formula is C13H22N2O2S. The molecule has 0 radical (unpaired) electrons. The van der Waals surface area contributed by atoms with E-state index in [-0.39, 0.29) is 0 Å². The average molecular weight is 270 g/mol. The van der Waals surface area contributed by atoms with E-state index in [2.05, 4.69) is 17.1 Å². The predicted molar refractivity (Wildman–Crippen MR) is 75.8 cm³/mol. The van der Waals surface area contributed by atoms with Crippen molar-refractivity contribution in [2.24, 2.45) is 0 Å². The molecular weight excluding hydrogens is 248 g/mol. The number of sulfone groups is 1. The number of nitrogens with zero attached hydrogens (tertiary/aromatic N) is 1. The van der Waals surface area contributed by atoms with Crippen molar-refractivity contribution in [1.82, 2.24) is 4.90 Å². The molecule has 1 aromatic carbocycles. The largest absolute Gasteiger partial charge is 0.383 e. The fourth-order valence-electron chi connectivity index (χ4n) is 1.61. The van der Waals surface area contributed by atoms with Crippen molar-refractivity contribution >= 4 is 15.5 Å². The minimum Gasteiger partial charge on any atom is -0.383 e. The average Bonchev–Trinajstić information content (AvgIpc) is 2.26. The maximum atomic E-state index is 11.3. The summed E-state index contributed by atoms with van der Waals surface area (Å²) < 4.78 is 22.6. The van der Waals surface area contributed by atoms with Gasteiger partial charge in [-0.25, -0.2) is 8.42 Å². The van der Waals surface area contributed by atoms with Gasteiger partial charge in [0.15, 0.2) is 9.84 Å². The molecule has 1 atom stereocenters. The third kappa shape index (κ3) is 5.06. The molecule has 102 valence electrons. The maximum absolute atomic E-state index is 11.3. The Morgan fingerprint density at radius 2 is 1.78 bits per heavy atom. The van der Waals surface area contributed by atoms with E-state index in [1.165, 1.54) is 6.26 Å². The SMILES string of the molecule is CC(CCN(C)C)Nc1ccc(S(C)(=O)=O)cc1. The third-order valence-electron chi connectivity index (χ3n) is 2.70. The van der Waals surface area contributed by atoms with Gasteiger partial charge in [-0.2, -0.15) is 0 Å². The lowest BCUT2D eigenvalue weighted by atomic mass is 10.2. The van der Waals surface area contributed by atoms with Gasteiger partial charge in [0.05, 0.1) is 4.90 Å². The van der Waals surface area contributed by atoms with Crippen molar-refractivity contribution in [3.8, 4) is 0 Å². The van der Waals surface area contributed by atoms with E-state index in [4.69, 9.17) is 0 Å². The van der Waals surface area contributed by atoms with E-state index in [0.717, 1.165) is 18.7 Å². The fourth-order valence-corrected chi connectivity index (χ4v) is 2.24. The smallest absolute Gasteiger partial charge is 0.175 e. The summed E-state index contributed by atoms with van der Waals surface area (Å²) in [5.41, 5.74) is 0.952. The Morgan fingerprint density at radius 3 is 2.22 bits per heavy atom. The van der Waals surface area contributed by atoms with Crippen LogP contribution in [0.1, 0.15) is 13.3 Å². The zero-order chi connectivity index (χ0) is 13.8. The highest BCUT2D eigenvalue weighted by Gasteiger charge is 2.07. The van der Waals surface area contributed by atoms with E-state index < -0.39 is 9.84 Å². The molecule has 0 aliphatic carbocycles. The number of rotatable bonds is 6. The summed E-state index contributed by atoms with van der Waals surface area (Å²) in [6, 6.07) is 7.24. The van der Waals surface area contributed by atoms with Crippen LogP contribution in [0, 0.1) is 0 Å². The Labute approximate surface area is 110 Å². The summed E-state index contributed by atoms with van der Waals surface area (Å²) in [6.45, 7) is 3.14. The van der Waals surface area contributed by atoms with Crippen molar-refractivity contribution in [2.75, 3.05) is 32.2 Å². The maximum Gasteiger partial charge on any atom is 0.175 e. The van der Waals surface area contributed by atoms with E-state index in [9.17, 15) is 8.42 Å². The quantitative estimate of drug-likeness (QED) is 0.857. The first kappa shape index (κ1) is 15.0. The molecule has 0 aliphatic heterocycles. The lowest BCUT2D eigenvalue weighted by molar-refractivity contribution is 0.390. The van der Waals surface area contributed by atoms with Gasteiger partial charge in [0.2, 0.25) is 0 Å². The molecule has 0 bridgehead atoms. The van der Waals surface area contributed by atoms with Crippen molar-refractivity contribution in [3.63, 3.8) is 0 Å². The molecule has 1 aromatic rings. The van der Waals surface area contributed by atoms with Crippen LogP contribution < -0.4 is 5.32 Å². The molecule has 0 aromatic heterocycles. The summed E-state index contributed by atoms with van der Waals surface area (Å²) in [5, 5.41) is 3.35. The van der Waals surface area contributed by atoms with Gasteiger partial charge in [-0.05, 0) is 58.3 Å². The van der Waals surface area contributed by atoms with Crippen molar-refractivity contribution in [3.05, 3.63) is 24.3 Å². The van der Waals surface area contributed by atoms with Crippen LogP contribution in [0.4, 0.5) is 5.69 Å². The van der Waals surface area contributed by atoms with Crippen molar-refractivity contribution in [2.45, 2.75) is 24.3 Å². The molecule has 0 fully saturated rings. The Balaban J connectivity index is 2.59. The molecule has 0 aliphatic rings. The van der Waals surface area contributed by atoms with Gasteiger partial charge in [-0.1, -0.05) is 0 Å². The first-order valence-electron chi connectivity index (χ1n) is 6.00. The van der Waals surface area contributed by atoms with E-state index in [0.29, 0.717) is 10.9 Å². The van der Waals surface area contributed by atoms with Gasteiger partial charge < -0.3 is 10.2 Å². The van der Waals surface area contributed by atoms with E-state index in [1.54, 1.807) is 12.1 Å². The predicted octanol–water partition coefficient (Wildman–Crippen LogP) is 1.84. The zero-order valence-corrected chi connectivity index (χ0v) is 12.3. The summed E-state index contributed by atoms with van der Waals surface area (Å²) in [4.78, 5) is 2.50. The van der Waals surface area contributed by atoms with Gasteiger partial charge in [0.1, 0.15) is 0 Å². The standard InChI is InChI=1S/C13H22N2O2S/c1-11(9-10-15(2)3)14-12-5-7-13(8-6-12)18(4,16)17/h5-8,11,14H,9-10H2,1-4H3. The van der Waals surface area contributed by atoms with Gasteiger partial charge in [0.25, 0.3) is 0 Å². The summed E-state index contributed by atoms with van der Waals surface area (Å²) in [7, 11) is 0.994. The molecule has 1 rings (SSSR count). The second-order valence-corrected chi connectivity index (χ2v) is 6.95. The molecule has 5 heteroatoms. The van der Waals surface area contributed by atoms with Gasteiger partial charge in [-0.15, -0.1) is 0 Å². The van der Waals surface area contributed by atoms with Crippen LogP contribution in [0.15, 0.2) is 29.2 Å². The summed E-state index contributed by atoms with van der Waals surface area (Å²) in [5.74, 6) is 0. The summed E-state index contributed by atoms with van der Waals surface area (Å²) in [6.07, 6.45) is 2.26. The lowest BCUT2D eigenvalue weighted by Gasteiger charge is -2.17. The Hall–Kier alpha value is -1.07. The zero-order valence-electron chi connectivity index (χ0n) is 11.5. The van der Waals surface area contributed by atoms with Crippen LogP contribution in [-0.4, -0.2) is 46.3 Å². The van der Waals surface area contributed by atoms with Gasteiger partial charge in [-0.3, -0.25) is 0 Å². The molecule has 4 nitrogen and oxygen atoms in total. The van der Waals surface area contributed by atoms with Crippen LogP contribution in [-0.2, 0) is 9.84 Å². The number of benzene rings is 1. The van der Waals surface area contributed by atoms with Crippen LogP contribution in [0.5, 0.6) is 0 Å². The molecule has 0 spiro atoms. The first-order valence-corrected chi connectivity index (χ1v) is 7.89. The Kier molecular flexibility index (Phi) is 5.16. The number of hydrogen-bond donors (Lipinski definition) is 1. The first-order chi connectivity index (χ1) is 8.29. The second-order valence-electron chi connectivity index (χ2n) is 4.93. The Bertz CT molecular complexity index is 466. The number of anilines is 1. The number of nitrogens with one attached hydrogen (secondary N) is 1. The van der Waals surface area contributed by atoms with E-state index >= 15 is 0 Å². The molecule has 0 amide bonds. The minimum absolute atomic E-state index is 0.356. The highest BCUT2D eigenvalue weighted by molar-refractivity contribution is 7.90. The summed E-state index contributed by atoms with van der Waals surface area (Å²) >= 11 is 0. The number of hydrogen-bond acceptors (Lipinski definition) is 4. The van der Waals surface area contributed by atoms with Gasteiger partial charge >= 0.3 is 0 Å².